The Kier molecular flexibility index (Phi) is 5.35. The van der Waals surface area contributed by atoms with E-state index >= 15 is 0 Å². The lowest BCUT2D eigenvalue weighted by molar-refractivity contribution is -0.671. The van der Waals surface area contributed by atoms with Gasteiger partial charge in [0.25, 0.3) is 5.82 Å². The number of imidazole rings is 1. The predicted molar refractivity (Wildman–Crippen MR) is 142 cm³/mol. The highest BCUT2D eigenvalue weighted by Gasteiger charge is 2.24. The predicted octanol–water partition coefficient (Wildman–Crippen LogP) is 7.28. The summed E-state index contributed by atoms with van der Waals surface area (Å²) >= 11 is 0. The Bertz CT molecular complexity index is 1510. The maximum Gasteiger partial charge on any atom is 0.257 e. The second-order valence-electron chi connectivity index (χ2n) is 9.19. The maximum absolute atomic E-state index is 2.53. The third-order valence-electron chi connectivity index (χ3n) is 6.87. The Morgan fingerprint density at radius 3 is 1.91 bits per heavy atom. The molecular weight excluding hydrogens is 412 g/mol. The highest BCUT2D eigenvalue weighted by Crippen LogP contribution is 2.22. The van der Waals surface area contributed by atoms with Crippen LogP contribution in [0.15, 0.2) is 109 Å². The van der Waals surface area contributed by atoms with Crippen LogP contribution >= 0.6 is 0 Å². The van der Waals surface area contributed by atoms with Gasteiger partial charge in [-0.05, 0) is 63.4 Å². The number of hydrogen-bond acceptors (Lipinski definition) is 0. The number of fused-ring (bicyclic) bond motifs is 3. The molecule has 0 saturated carbocycles. The normalized spacial score (nSPS) is 11.6. The molecule has 0 unspecified atom stereocenters. The van der Waals surface area contributed by atoms with Crippen LogP contribution in [-0.2, 0) is 19.5 Å². The summed E-state index contributed by atoms with van der Waals surface area (Å²) in [7, 11) is 0. The zero-order valence-electron chi connectivity index (χ0n) is 19.6. The molecule has 0 amide bonds. The minimum atomic E-state index is 0.880. The molecule has 2 heteroatoms. The molecule has 0 saturated heterocycles. The van der Waals surface area contributed by atoms with E-state index < -0.39 is 0 Å². The van der Waals surface area contributed by atoms with Gasteiger partial charge in [-0.3, -0.25) is 0 Å². The number of para-hydroxylation sites is 2. The lowest BCUT2D eigenvalue weighted by Crippen LogP contribution is -2.38. The van der Waals surface area contributed by atoms with E-state index in [1.54, 1.807) is 0 Å². The zero-order valence-corrected chi connectivity index (χ0v) is 19.6. The van der Waals surface area contributed by atoms with E-state index in [-0.39, 0.29) is 0 Å². The number of aromatic nitrogens is 2. The first kappa shape index (κ1) is 20.7. The molecule has 0 aliphatic carbocycles. The van der Waals surface area contributed by atoms with E-state index in [2.05, 4.69) is 125 Å². The average Bonchev–Trinajstić information content (AvgIpc) is 3.16. The molecule has 5 aromatic carbocycles. The van der Waals surface area contributed by atoms with Crippen molar-refractivity contribution in [1.82, 2.24) is 4.57 Å². The number of hydrogen-bond donors (Lipinski definition) is 0. The molecule has 0 bridgehead atoms. The first-order valence-corrected chi connectivity index (χ1v) is 12.3. The van der Waals surface area contributed by atoms with Gasteiger partial charge in [-0.1, -0.05) is 91.9 Å². The molecular formula is C32H29N2+. The molecule has 1 aromatic heterocycles. The first-order chi connectivity index (χ1) is 16.8. The third-order valence-corrected chi connectivity index (χ3v) is 6.87. The quantitative estimate of drug-likeness (QED) is 0.240. The van der Waals surface area contributed by atoms with Gasteiger partial charge < -0.3 is 0 Å². The van der Waals surface area contributed by atoms with E-state index in [0.29, 0.717) is 0 Å². The van der Waals surface area contributed by atoms with Crippen LogP contribution < -0.4 is 4.57 Å². The summed E-state index contributed by atoms with van der Waals surface area (Å²) < 4.78 is 5.06. The molecule has 1 heterocycles. The molecule has 0 spiro atoms. The summed E-state index contributed by atoms with van der Waals surface area (Å²) in [4.78, 5) is 0. The largest absolute Gasteiger partial charge is 0.257 e. The van der Waals surface area contributed by atoms with Crippen molar-refractivity contribution in [2.24, 2.45) is 0 Å². The molecule has 6 aromatic rings. The van der Waals surface area contributed by atoms with Crippen molar-refractivity contribution in [2.75, 3.05) is 0 Å². The standard InChI is InChI=1S/C32H29N2/c1-2-9-32-33(22-24-16-18-26-10-3-5-12-28(26)20-24)30-14-7-8-15-31(30)34(32)23-25-17-19-27-11-4-6-13-29(27)21-25/h3-8,10-21H,2,9,22-23H2,1H3/q+1. The monoisotopic (exact) mass is 441 g/mol. The van der Waals surface area contributed by atoms with Gasteiger partial charge in [-0.25, -0.2) is 9.13 Å². The molecule has 2 nitrogen and oxygen atoms in total. The van der Waals surface area contributed by atoms with E-state index in [1.807, 2.05) is 0 Å². The molecule has 0 fully saturated rings. The Labute approximate surface area is 200 Å². The highest BCUT2D eigenvalue weighted by molar-refractivity contribution is 5.84. The SMILES string of the molecule is CCCc1n(Cc2ccc3ccccc3c2)c2ccccc2[n+]1Cc1ccc2ccccc2c1. The van der Waals surface area contributed by atoms with Crippen molar-refractivity contribution < 1.29 is 4.57 Å². The smallest absolute Gasteiger partial charge is 0.223 e. The summed E-state index contributed by atoms with van der Waals surface area (Å²) in [6.45, 7) is 4.04. The Morgan fingerprint density at radius 1 is 0.618 bits per heavy atom. The van der Waals surface area contributed by atoms with Crippen LogP contribution in [0.3, 0.4) is 0 Å². The lowest BCUT2D eigenvalue weighted by Gasteiger charge is -2.07. The van der Waals surface area contributed by atoms with Gasteiger partial charge in [-0.2, -0.15) is 0 Å². The number of benzene rings is 5. The molecule has 166 valence electrons. The zero-order chi connectivity index (χ0) is 22.9. The Balaban J connectivity index is 1.46. The fourth-order valence-corrected chi connectivity index (χ4v) is 5.23. The van der Waals surface area contributed by atoms with Crippen LogP contribution in [0.1, 0.15) is 30.3 Å². The first-order valence-electron chi connectivity index (χ1n) is 12.3. The van der Waals surface area contributed by atoms with E-state index in [9.17, 15) is 0 Å². The van der Waals surface area contributed by atoms with Gasteiger partial charge in [0.05, 0.1) is 0 Å². The van der Waals surface area contributed by atoms with Crippen LogP contribution in [-0.4, -0.2) is 4.57 Å². The molecule has 0 aliphatic rings. The Morgan fingerprint density at radius 2 is 1.21 bits per heavy atom. The van der Waals surface area contributed by atoms with E-state index in [0.717, 1.165) is 25.9 Å². The minimum absolute atomic E-state index is 0.880. The van der Waals surface area contributed by atoms with Crippen LogP contribution in [0.25, 0.3) is 32.6 Å². The molecule has 6 rings (SSSR count). The van der Waals surface area contributed by atoms with Gasteiger partial charge in [0.15, 0.2) is 11.0 Å². The van der Waals surface area contributed by atoms with Crippen molar-refractivity contribution >= 4 is 32.6 Å². The van der Waals surface area contributed by atoms with Crippen LogP contribution in [0.4, 0.5) is 0 Å². The summed E-state index contributed by atoms with van der Waals surface area (Å²) in [5.74, 6) is 1.39. The highest BCUT2D eigenvalue weighted by atomic mass is 15.2. The molecule has 0 N–H and O–H groups in total. The second kappa shape index (κ2) is 8.79. The van der Waals surface area contributed by atoms with Gasteiger partial charge in [0.1, 0.15) is 13.1 Å². The van der Waals surface area contributed by atoms with E-state index in [4.69, 9.17) is 0 Å². The molecule has 0 radical (unpaired) electrons. The second-order valence-corrected chi connectivity index (χ2v) is 9.19. The van der Waals surface area contributed by atoms with Crippen molar-refractivity contribution in [1.29, 1.82) is 0 Å². The lowest BCUT2D eigenvalue weighted by atomic mass is 10.1. The minimum Gasteiger partial charge on any atom is -0.223 e. The molecule has 0 atom stereocenters. The summed E-state index contributed by atoms with van der Waals surface area (Å²) in [5.41, 5.74) is 5.30. The summed E-state index contributed by atoms with van der Waals surface area (Å²) in [6, 6.07) is 39.8. The van der Waals surface area contributed by atoms with Crippen molar-refractivity contribution in [2.45, 2.75) is 32.9 Å². The third kappa shape index (κ3) is 3.76. The topological polar surface area (TPSA) is 8.81 Å². The van der Waals surface area contributed by atoms with Crippen LogP contribution in [0, 0.1) is 0 Å². The van der Waals surface area contributed by atoms with Crippen molar-refractivity contribution in [3.05, 3.63) is 126 Å². The van der Waals surface area contributed by atoms with Crippen LogP contribution in [0.2, 0.25) is 0 Å². The summed E-state index contributed by atoms with van der Waals surface area (Å²) in [5, 5.41) is 5.20. The van der Waals surface area contributed by atoms with Gasteiger partial charge in [0, 0.05) is 6.42 Å². The van der Waals surface area contributed by atoms with Crippen molar-refractivity contribution in [3.8, 4) is 0 Å². The van der Waals surface area contributed by atoms with Gasteiger partial charge in [0.2, 0.25) is 0 Å². The Hall–Kier alpha value is -3.91. The van der Waals surface area contributed by atoms with Gasteiger partial charge >= 0.3 is 0 Å². The van der Waals surface area contributed by atoms with Crippen LogP contribution in [0.5, 0.6) is 0 Å². The molecule has 34 heavy (non-hydrogen) atoms. The van der Waals surface area contributed by atoms with Gasteiger partial charge in [-0.15, -0.1) is 0 Å². The fourth-order valence-electron chi connectivity index (χ4n) is 5.23. The average molecular weight is 442 g/mol. The number of rotatable bonds is 6. The molecule has 0 aliphatic heterocycles. The number of nitrogens with zero attached hydrogens (tertiary/aromatic N) is 2. The fraction of sp³-hybridized carbons (Fsp3) is 0.156. The maximum atomic E-state index is 2.53. The summed E-state index contributed by atoms with van der Waals surface area (Å²) in [6.07, 6.45) is 2.17. The van der Waals surface area contributed by atoms with E-state index in [1.165, 1.54) is 49.5 Å². The van der Waals surface area contributed by atoms with Crippen molar-refractivity contribution in [3.63, 3.8) is 0 Å².